The molecule has 1 aliphatic heterocycles. The first-order valence-electron chi connectivity index (χ1n) is 3.80. The molecule has 0 amide bonds. The Kier molecular flexibility index (Phi) is 1.36. The van der Waals surface area contributed by atoms with Crippen LogP contribution in [0.25, 0.3) is 0 Å². The van der Waals surface area contributed by atoms with Gasteiger partial charge >= 0.3 is 0 Å². The van der Waals surface area contributed by atoms with Crippen molar-refractivity contribution in [2.24, 2.45) is 0 Å². The van der Waals surface area contributed by atoms with Gasteiger partial charge in [0.25, 0.3) is 0 Å². The molecule has 0 aromatic carbocycles. The summed E-state index contributed by atoms with van der Waals surface area (Å²) in [5.41, 5.74) is 0. The highest BCUT2D eigenvalue weighted by molar-refractivity contribution is 5.13. The molecule has 3 atom stereocenters. The van der Waals surface area contributed by atoms with E-state index in [-0.39, 0.29) is 12.2 Å². The van der Waals surface area contributed by atoms with Crippen molar-refractivity contribution < 1.29 is 14.6 Å². The summed E-state index contributed by atoms with van der Waals surface area (Å²) in [4.78, 5) is 0. The van der Waals surface area contributed by atoms with Gasteiger partial charge < -0.3 is 14.6 Å². The summed E-state index contributed by atoms with van der Waals surface area (Å²) in [5, 5.41) is 9.34. The summed E-state index contributed by atoms with van der Waals surface area (Å²) in [7, 11) is 0. The Labute approximate surface area is 65.6 Å². The van der Waals surface area contributed by atoms with Gasteiger partial charge in [-0.25, -0.2) is 0 Å². The Balaban J connectivity index is 2.15. The minimum absolute atomic E-state index is 0.0556. The molecule has 1 aliphatic carbocycles. The minimum atomic E-state index is -0.541. The molecule has 11 heavy (non-hydrogen) atoms. The number of ether oxygens (including phenoxy) is 2. The summed E-state index contributed by atoms with van der Waals surface area (Å²) in [5.74, 6) is -0.541. The number of hydrogen-bond donors (Lipinski definition) is 1. The van der Waals surface area contributed by atoms with Crippen molar-refractivity contribution >= 4 is 0 Å². The SMILES string of the molecule is CC1(C)OC2C=C[C@@H](O)[C@@H]2O1. The molecule has 1 fully saturated rings. The maximum Gasteiger partial charge on any atom is 0.164 e. The van der Waals surface area contributed by atoms with E-state index < -0.39 is 11.9 Å². The van der Waals surface area contributed by atoms with Crippen molar-refractivity contribution in [2.45, 2.75) is 37.9 Å². The molecular weight excluding hydrogens is 144 g/mol. The minimum Gasteiger partial charge on any atom is -0.386 e. The van der Waals surface area contributed by atoms with E-state index in [0.717, 1.165) is 0 Å². The lowest BCUT2D eigenvalue weighted by Crippen LogP contribution is -2.28. The fourth-order valence-electron chi connectivity index (χ4n) is 1.56. The number of rotatable bonds is 0. The van der Waals surface area contributed by atoms with Crippen molar-refractivity contribution in [1.29, 1.82) is 0 Å². The molecule has 0 radical (unpaired) electrons. The summed E-state index contributed by atoms with van der Waals surface area (Å²) in [6.45, 7) is 3.71. The molecule has 3 nitrogen and oxygen atoms in total. The Hall–Kier alpha value is -0.380. The van der Waals surface area contributed by atoms with Gasteiger partial charge in [0.2, 0.25) is 0 Å². The molecular formula is C8H12O3. The molecule has 3 heteroatoms. The molecule has 1 heterocycles. The second-order valence-electron chi connectivity index (χ2n) is 3.44. The van der Waals surface area contributed by atoms with Gasteiger partial charge in [0.05, 0.1) is 0 Å². The topological polar surface area (TPSA) is 38.7 Å². The van der Waals surface area contributed by atoms with Crippen LogP contribution in [0.1, 0.15) is 13.8 Å². The Bertz CT molecular complexity index is 198. The van der Waals surface area contributed by atoms with Crippen LogP contribution in [0.15, 0.2) is 12.2 Å². The number of aliphatic hydroxyl groups is 1. The predicted octanol–water partition coefficient (Wildman–Crippen LogP) is 0.437. The van der Waals surface area contributed by atoms with Gasteiger partial charge in [-0.05, 0) is 13.8 Å². The number of fused-ring (bicyclic) bond motifs is 1. The standard InChI is InChI=1S/C8H12O3/c1-8(2)10-6-4-3-5(9)7(6)11-8/h3-7,9H,1-2H3/t5-,6?,7+/m1/s1. The van der Waals surface area contributed by atoms with Crippen LogP contribution >= 0.6 is 0 Å². The van der Waals surface area contributed by atoms with Crippen molar-refractivity contribution in [3.8, 4) is 0 Å². The molecule has 0 aromatic rings. The molecule has 0 spiro atoms. The van der Waals surface area contributed by atoms with Gasteiger partial charge in [-0.2, -0.15) is 0 Å². The van der Waals surface area contributed by atoms with Crippen LogP contribution in [-0.4, -0.2) is 29.2 Å². The van der Waals surface area contributed by atoms with E-state index in [1.807, 2.05) is 19.9 Å². The van der Waals surface area contributed by atoms with E-state index in [9.17, 15) is 5.11 Å². The Morgan fingerprint density at radius 3 is 2.64 bits per heavy atom. The number of aliphatic hydroxyl groups excluding tert-OH is 1. The zero-order valence-electron chi connectivity index (χ0n) is 6.65. The molecule has 0 saturated carbocycles. The second-order valence-corrected chi connectivity index (χ2v) is 3.44. The van der Waals surface area contributed by atoms with Gasteiger partial charge in [-0.15, -0.1) is 0 Å². The van der Waals surface area contributed by atoms with Gasteiger partial charge in [0.15, 0.2) is 5.79 Å². The fourth-order valence-corrected chi connectivity index (χ4v) is 1.56. The zero-order valence-corrected chi connectivity index (χ0v) is 6.65. The molecule has 0 aromatic heterocycles. The summed E-state index contributed by atoms with van der Waals surface area (Å²) < 4.78 is 10.9. The van der Waals surface area contributed by atoms with E-state index in [2.05, 4.69) is 0 Å². The third-order valence-electron chi connectivity index (χ3n) is 2.00. The van der Waals surface area contributed by atoms with E-state index in [0.29, 0.717) is 0 Å². The molecule has 62 valence electrons. The quantitative estimate of drug-likeness (QED) is 0.517. The normalized spacial score (nSPS) is 46.3. The molecule has 1 saturated heterocycles. The predicted molar refractivity (Wildman–Crippen MR) is 39.0 cm³/mol. The first-order chi connectivity index (χ1) is 5.08. The average molecular weight is 156 g/mol. The largest absolute Gasteiger partial charge is 0.386 e. The highest BCUT2D eigenvalue weighted by Gasteiger charge is 2.45. The molecule has 1 N–H and O–H groups in total. The van der Waals surface area contributed by atoms with Crippen LogP contribution in [0.5, 0.6) is 0 Å². The number of hydrogen-bond acceptors (Lipinski definition) is 3. The summed E-state index contributed by atoms with van der Waals surface area (Å²) >= 11 is 0. The molecule has 2 rings (SSSR count). The van der Waals surface area contributed by atoms with Gasteiger partial charge in [0, 0.05) is 0 Å². The van der Waals surface area contributed by atoms with Crippen LogP contribution < -0.4 is 0 Å². The van der Waals surface area contributed by atoms with Gasteiger partial charge in [-0.1, -0.05) is 12.2 Å². The van der Waals surface area contributed by atoms with Crippen LogP contribution in [0.4, 0.5) is 0 Å². The second kappa shape index (κ2) is 2.06. The van der Waals surface area contributed by atoms with E-state index in [4.69, 9.17) is 9.47 Å². The summed E-state index contributed by atoms with van der Waals surface area (Å²) in [6, 6.07) is 0. The van der Waals surface area contributed by atoms with Crippen LogP contribution in [-0.2, 0) is 9.47 Å². The van der Waals surface area contributed by atoms with E-state index in [1.54, 1.807) is 6.08 Å². The average Bonchev–Trinajstić information content (AvgIpc) is 2.31. The van der Waals surface area contributed by atoms with Gasteiger partial charge in [0.1, 0.15) is 18.3 Å². The van der Waals surface area contributed by atoms with Crippen LogP contribution in [0.3, 0.4) is 0 Å². The lowest BCUT2D eigenvalue weighted by Gasteiger charge is -2.18. The lowest BCUT2D eigenvalue weighted by molar-refractivity contribution is -0.152. The molecule has 0 bridgehead atoms. The highest BCUT2D eigenvalue weighted by atomic mass is 16.8. The van der Waals surface area contributed by atoms with Crippen molar-refractivity contribution in [2.75, 3.05) is 0 Å². The van der Waals surface area contributed by atoms with Crippen LogP contribution in [0.2, 0.25) is 0 Å². The smallest absolute Gasteiger partial charge is 0.164 e. The maximum atomic E-state index is 9.34. The first kappa shape index (κ1) is 7.28. The van der Waals surface area contributed by atoms with Crippen LogP contribution in [0, 0.1) is 0 Å². The highest BCUT2D eigenvalue weighted by Crippen LogP contribution is 2.34. The zero-order chi connectivity index (χ0) is 8.06. The lowest BCUT2D eigenvalue weighted by atomic mass is 10.2. The first-order valence-corrected chi connectivity index (χ1v) is 3.80. The monoisotopic (exact) mass is 156 g/mol. The Morgan fingerprint density at radius 1 is 1.27 bits per heavy atom. The van der Waals surface area contributed by atoms with Gasteiger partial charge in [-0.3, -0.25) is 0 Å². The van der Waals surface area contributed by atoms with Crippen molar-refractivity contribution in [1.82, 2.24) is 0 Å². The Morgan fingerprint density at radius 2 is 2.00 bits per heavy atom. The third-order valence-corrected chi connectivity index (χ3v) is 2.00. The molecule has 2 aliphatic rings. The van der Waals surface area contributed by atoms with Crippen molar-refractivity contribution in [3.63, 3.8) is 0 Å². The maximum absolute atomic E-state index is 9.34. The van der Waals surface area contributed by atoms with Crippen molar-refractivity contribution in [3.05, 3.63) is 12.2 Å². The van der Waals surface area contributed by atoms with E-state index in [1.165, 1.54) is 0 Å². The molecule has 1 unspecified atom stereocenters. The summed E-state index contributed by atoms with van der Waals surface area (Å²) in [6.07, 6.45) is 2.82. The third kappa shape index (κ3) is 1.09. The fraction of sp³-hybridized carbons (Fsp3) is 0.750. The van der Waals surface area contributed by atoms with E-state index >= 15 is 0 Å².